The Morgan fingerprint density at radius 3 is 2.80 bits per heavy atom. The third-order valence-corrected chi connectivity index (χ3v) is 3.57. The van der Waals surface area contributed by atoms with E-state index in [1.165, 1.54) is 5.56 Å². The molecule has 4 heteroatoms. The lowest BCUT2D eigenvalue weighted by Crippen LogP contribution is -2.38. The Labute approximate surface area is 118 Å². The van der Waals surface area contributed by atoms with Crippen molar-refractivity contribution in [1.29, 1.82) is 0 Å². The van der Waals surface area contributed by atoms with Gasteiger partial charge in [0.1, 0.15) is 5.76 Å². The molecule has 0 bridgehead atoms. The maximum absolute atomic E-state index is 5.29. The lowest BCUT2D eigenvalue weighted by atomic mass is 10.1. The van der Waals surface area contributed by atoms with Gasteiger partial charge in [-0.05, 0) is 24.1 Å². The molecule has 4 nitrogen and oxygen atoms in total. The highest BCUT2D eigenvalue weighted by atomic mass is 16.3. The van der Waals surface area contributed by atoms with Gasteiger partial charge in [-0.1, -0.05) is 30.3 Å². The minimum absolute atomic E-state index is 0.472. The number of rotatable bonds is 4. The summed E-state index contributed by atoms with van der Waals surface area (Å²) >= 11 is 0. The minimum Gasteiger partial charge on any atom is -0.467 e. The van der Waals surface area contributed by atoms with Crippen molar-refractivity contribution in [2.24, 2.45) is 4.99 Å². The van der Waals surface area contributed by atoms with Crippen LogP contribution in [0.25, 0.3) is 0 Å². The molecule has 1 aliphatic carbocycles. The first kappa shape index (κ1) is 12.8. The van der Waals surface area contributed by atoms with Crippen LogP contribution >= 0.6 is 0 Å². The molecule has 1 heterocycles. The fourth-order valence-electron chi connectivity index (χ4n) is 2.38. The van der Waals surface area contributed by atoms with Crippen LogP contribution in [0, 0.1) is 0 Å². The van der Waals surface area contributed by atoms with Gasteiger partial charge in [0.2, 0.25) is 0 Å². The van der Waals surface area contributed by atoms with Crippen molar-refractivity contribution >= 4 is 5.96 Å². The van der Waals surface area contributed by atoms with Crippen molar-refractivity contribution < 1.29 is 4.42 Å². The van der Waals surface area contributed by atoms with E-state index >= 15 is 0 Å². The van der Waals surface area contributed by atoms with Gasteiger partial charge in [0.15, 0.2) is 5.96 Å². The normalized spacial score (nSPS) is 21.6. The van der Waals surface area contributed by atoms with E-state index in [4.69, 9.17) is 4.42 Å². The summed E-state index contributed by atoms with van der Waals surface area (Å²) in [5, 5.41) is 6.71. The van der Waals surface area contributed by atoms with E-state index < -0.39 is 0 Å². The Morgan fingerprint density at radius 1 is 1.25 bits per heavy atom. The van der Waals surface area contributed by atoms with Gasteiger partial charge in [-0.2, -0.15) is 0 Å². The van der Waals surface area contributed by atoms with Gasteiger partial charge in [-0.15, -0.1) is 0 Å². The SMILES string of the molecule is CN=C(NCc1ccco1)NC1CC1c1ccccc1. The van der Waals surface area contributed by atoms with Gasteiger partial charge in [-0.3, -0.25) is 4.99 Å². The second-order valence-corrected chi connectivity index (χ2v) is 5.01. The Hall–Kier alpha value is -2.23. The van der Waals surface area contributed by atoms with Crippen LogP contribution in [0.15, 0.2) is 58.1 Å². The highest BCUT2D eigenvalue weighted by Gasteiger charge is 2.38. The molecule has 1 aliphatic rings. The number of furan rings is 1. The Morgan fingerprint density at radius 2 is 2.10 bits per heavy atom. The molecule has 0 spiro atoms. The molecule has 0 radical (unpaired) electrons. The van der Waals surface area contributed by atoms with Crippen LogP contribution in [0.4, 0.5) is 0 Å². The van der Waals surface area contributed by atoms with Crippen molar-refractivity contribution in [3.05, 3.63) is 60.1 Å². The Kier molecular flexibility index (Phi) is 3.72. The van der Waals surface area contributed by atoms with E-state index in [0.29, 0.717) is 18.5 Å². The van der Waals surface area contributed by atoms with Gasteiger partial charge in [0.05, 0.1) is 12.8 Å². The fourth-order valence-corrected chi connectivity index (χ4v) is 2.38. The van der Waals surface area contributed by atoms with E-state index in [-0.39, 0.29) is 0 Å². The Balaban J connectivity index is 1.50. The molecule has 2 aromatic rings. The Bertz CT molecular complexity index is 563. The first-order chi connectivity index (χ1) is 9.86. The summed E-state index contributed by atoms with van der Waals surface area (Å²) in [6.45, 7) is 0.648. The summed E-state index contributed by atoms with van der Waals surface area (Å²) in [5.74, 6) is 2.33. The highest BCUT2D eigenvalue weighted by Crippen LogP contribution is 2.40. The summed E-state index contributed by atoms with van der Waals surface area (Å²) < 4.78 is 5.29. The molecule has 2 atom stereocenters. The zero-order valence-corrected chi connectivity index (χ0v) is 11.5. The maximum atomic E-state index is 5.29. The molecular formula is C16H19N3O. The first-order valence-electron chi connectivity index (χ1n) is 6.91. The van der Waals surface area contributed by atoms with Gasteiger partial charge >= 0.3 is 0 Å². The molecule has 1 aromatic heterocycles. The fraction of sp³-hybridized carbons (Fsp3) is 0.312. The van der Waals surface area contributed by atoms with Crippen LogP contribution in [0.5, 0.6) is 0 Å². The second kappa shape index (κ2) is 5.82. The summed E-state index contributed by atoms with van der Waals surface area (Å²) in [6, 6.07) is 14.9. The third-order valence-electron chi connectivity index (χ3n) is 3.57. The van der Waals surface area contributed by atoms with Crippen LogP contribution in [0.2, 0.25) is 0 Å². The first-order valence-corrected chi connectivity index (χ1v) is 6.91. The number of aliphatic imine (C=N–C) groups is 1. The minimum atomic E-state index is 0.472. The highest BCUT2D eigenvalue weighted by molar-refractivity contribution is 5.80. The van der Waals surface area contributed by atoms with E-state index in [9.17, 15) is 0 Å². The summed E-state index contributed by atoms with van der Waals surface area (Å²) in [4.78, 5) is 4.25. The second-order valence-electron chi connectivity index (χ2n) is 5.01. The number of hydrogen-bond donors (Lipinski definition) is 2. The van der Waals surface area contributed by atoms with Crippen molar-refractivity contribution in [3.63, 3.8) is 0 Å². The average molecular weight is 269 g/mol. The van der Waals surface area contributed by atoms with E-state index in [2.05, 4.69) is 46.0 Å². The maximum Gasteiger partial charge on any atom is 0.191 e. The molecule has 0 aliphatic heterocycles. The predicted octanol–water partition coefficient (Wildman–Crippen LogP) is 2.50. The van der Waals surface area contributed by atoms with Crippen LogP contribution in [0.1, 0.15) is 23.7 Å². The van der Waals surface area contributed by atoms with E-state index in [1.807, 2.05) is 12.1 Å². The number of guanidine groups is 1. The third kappa shape index (κ3) is 3.02. The summed E-state index contributed by atoms with van der Waals surface area (Å²) in [7, 11) is 1.79. The average Bonchev–Trinajstić information content (AvgIpc) is 3.06. The van der Waals surface area contributed by atoms with Gasteiger partial charge in [0.25, 0.3) is 0 Å². The van der Waals surface area contributed by atoms with Gasteiger partial charge in [0, 0.05) is 19.0 Å². The lowest BCUT2D eigenvalue weighted by molar-refractivity contribution is 0.501. The lowest BCUT2D eigenvalue weighted by Gasteiger charge is -2.10. The van der Waals surface area contributed by atoms with Crippen molar-refractivity contribution in [3.8, 4) is 0 Å². The monoisotopic (exact) mass is 269 g/mol. The quantitative estimate of drug-likeness (QED) is 0.662. The number of nitrogens with zero attached hydrogens (tertiary/aromatic N) is 1. The van der Waals surface area contributed by atoms with Gasteiger partial charge < -0.3 is 15.1 Å². The summed E-state index contributed by atoms with van der Waals surface area (Å²) in [6.07, 6.45) is 2.84. The molecule has 20 heavy (non-hydrogen) atoms. The molecular weight excluding hydrogens is 250 g/mol. The molecule has 3 rings (SSSR count). The predicted molar refractivity (Wildman–Crippen MR) is 79.6 cm³/mol. The number of nitrogens with one attached hydrogen (secondary N) is 2. The van der Waals surface area contributed by atoms with E-state index in [0.717, 1.165) is 18.1 Å². The topological polar surface area (TPSA) is 49.6 Å². The van der Waals surface area contributed by atoms with Crippen LogP contribution < -0.4 is 10.6 Å². The number of hydrogen-bond acceptors (Lipinski definition) is 2. The zero-order valence-electron chi connectivity index (χ0n) is 11.5. The molecule has 1 saturated carbocycles. The van der Waals surface area contributed by atoms with Crippen molar-refractivity contribution in [2.45, 2.75) is 24.9 Å². The molecule has 1 fully saturated rings. The van der Waals surface area contributed by atoms with Crippen LogP contribution in [-0.2, 0) is 6.54 Å². The molecule has 0 saturated heterocycles. The van der Waals surface area contributed by atoms with Crippen molar-refractivity contribution in [2.75, 3.05) is 7.05 Å². The smallest absolute Gasteiger partial charge is 0.191 e. The number of benzene rings is 1. The summed E-state index contributed by atoms with van der Waals surface area (Å²) in [5.41, 5.74) is 1.39. The van der Waals surface area contributed by atoms with Gasteiger partial charge in [-0.25, -0.2) is 0 Å². The molecule has 2 unspecified atom stereocenters. The van der Waals surface area contributed by atoms with Crippen molar-refractivity contribution in [1.82, 2.24) is 10.6 Å². The van der Waals surface area contributed by atoms with Crippen LogP contribution in [0.3, 0.4) is 0 Å². The standard InChI is InChI=1S/C16H19N3O/c1-17-16(18-11-13-8-5-9-20-13)19-15-10-14(15)12-6-3-2-4-7-12/h2-9,14-15H,10-11H2,1H3,(H2,17,18,19). The largest absolute Gasteiger partial charge is 0.467 e. The molecule has 0 amide bonds. The van der Waals surface area contributed by atoms with Crippen LogP contribution in [-0.4, -0.2) is 19.0 Å². The molecule has 104 valence electrons. The molecule has 1 aromatic carbocycles. The zero-order chi connectivity index (χ0) is 13.8. The molecule has 2 N–H and O–H groups in total. The van der Waals surface area contributed by atoms with E-state index in [1.54, 1.807) is 13.3 Å².